The minimum Gasteiger partial charge on any atom is -0.383 e. The van der Waals surface area contributed by atoms with E-state index in [0.717, 1.165) is 23.6 Å². The Hall–Kier alpha value is -1.36. The van der Waals surface area contributed by atoms with Crippen molar-refractivity contribution in [2.75, 3.05) is 24.7 Å². The van der Waals surface area contributed by atoms with Gasteiger partial charge in [-0.1, -0.05) is 6.92 Å². The van der Waals surface area contributed by atoms with E-state index in [-0.39, 0.29) is 6.10 Å². The number of hydrogen-bond acceptors (Lipinski definition) is 5. The van der Waals surface area contributed by atoms with Crippen LogP contribution in [0.1, 0.15) is 25.2 Å². The van der Waals surface area contributed by atoms with Gasteiger partial charge in [0.2, 0.25) is 0 Å². The highest BCUT2D eigenvalue weighted by Gasteiger charge is 2.08. The van der Waals surface area contributed by atoms with E-state index >= 15 is 0 Å². The third kappa shape index (κ3) is 3.06. The van der Waals surface area contributed by atoms with Gasteiger partial charge in [0, 0.05) is 25.6 Å². The maximum Gasteiger partial charge on any atom is 0.134 e. The summed E-state index contributed by atoms with van der Waals surface area (Å²) in [7, 11) is 1.69. The van der Waals surface area contributed by atoms with Gasteiger partial charge in [-0.05, 0) is 13.8 Å². The van der Waals surface area contributed by atoms with Gasteiger partial charge in [0.15, 0.2) is 0 Å². The second-order valence-electron chi connectivity index (χ2n) is 3.78. The second-order valence-corrected chi connectivity index (χ2v) is 3.78. The monoisotopic (exact) mass is 224 g/mol. The van der Waals surface area contributed by atoms with E-state index in [9.17, 15) is 0 Å². The first-order valence-corrected chi connectivity index (χ1v) is 5.48. The number of aromatic nitrogens is 2. The summed E-state index contributed by atoms with van der Waals surface area (Å²) in [6, 6.07) is 0. The lowest BCUT2D eigenvalue weighted by atomic mass is 10.3. The minimum atomic E-state index is 0.140. The highest BCUT2D eigenvalue weighted by molar-refractivity contribution is 5.54. The minimum absolute atomic E-state index is 0.140. The molecule has 5 heteroatoms. The molecule has 5 nitrogen and oxygen atoms in total. The summed E-state index contributed by atoms with van der Waals surface area (Å²) in [4.78, 5) is 8.59. The zero-order valence-corrected chi connectivity index (χ0v) is 10.4. The molecule has 0 saturated heterocycles. The molecule has 16 heavy (non-hydrogen) atoms. The van der Waals surface area contributed by atoms with Crippen molar-refractivity contribution in [2.45, 2.75) is 33.3 Å². The zero-order chi connectivity index (χ0) is 12.1. The van der Waals surface area contributed by atoms with E-state index in [2.05, 4.69) is 15.3 Å². The van der Waals surface area contributed by atoms with Crippen LogP contribution in [-0.2, 0) is 11.2 Å². The molecule has 0 aliphatic rings. The van der Waals surface area contributed by atoms with Crippen molar-refractivity contribution in [1.82, 2.24) is 9.97 Å². The maximum atomic E-state index is 5.81. The first-order chi connectivity index (χ1) is 7.58. The summed E-state index contributed by atoms with van der Waals surface area (Å²) in [5.74, 6) is 2.10. The van der Waals surface area contributed by atoms with Gasteiger partial charge in [0.1, 0.15) is 17.5 Å². The molecule has 0 spiro atoms. The number of nitrogens with zero attached hydrogens (tertiary/aromatic N) is 2. The number of ether oxygens (including phenoxy) is 1. The van der Waals surface area contributed by atoms with Crippen LogP contribution in [0.2, 0.25) is 0 Å². The van der Waals surface area contributed by atoms with Crippen molar-refractivity contribution in [3.05, 3.63) is 11.4 Å². The largest absolute Gasteiger partial charge is 0.383 e. The van der Waals surface area contributed by atoms with Crippen molar-refractivity contribution in [2.24, 2.45) is 0 Å². The maximum absolute atomic E-state index is 5.81. The van der Waals surface area contributed by atoms with Gasteiger partial charge < -0.3 is 15.8 Å². The summed E-state index contributed by atoms with van der Waals surface area (Å²) in [5, 5.41) is 3.22. The lowest BCUT2D eigenvalue weighted by Crippen LogP contribution is -2.20. The molecule has 0 radical (unpaired) electrons. The number of nitrogens with one attached hydrogen (secondary N) is 1. The van der Waals surface area contributed by atoms with Crippen LogP contribution in [0.4, 0.5) is 11.6 Å². The normalized spacial score (nSPS) is 12.5. The van der Waals surface area contributed by atoms with Crippen LogP contribution in [0.3, 0.4) is 0 Å². The number of methoxy groups -OCH3 is 1. The Morgan fingerprint density at radius 2 is 2.12 bits per heavy atom. The Morgan fingerprint density at radius 3 is 2.69 bits per heavy atom. The predicted molar refractivity (Wildman–Crippen MR) is 65.5 cm³/mol. The molecule has 0 amide bonds. The lowest BCUT2D eigenvalue weighted by molar-refractivity contribution is 0.128. The average Bonchev–Trinajstić information content (AvgIpc) is 2.30. The fourth-order valence-corrected chi connectivity index (χ4v) is 1.24. The number of rotatable bonds is 5. The number of aryl methyl sites for hydroxylation is 1. The van der Waals surface area contributed by atoms with Crippen molar-refractivity contribution >= 4 is 11.6 Å². The highest BCUT2D eigenvalue weighted by atomic mass is 16.5. The molecule has 90 valence electrons. The van der Waals surface area contributed by atoms with Crippen LogP contribution in [0.5, 0.6) is 0 Å². The van der Waals surface area contributed by atoms with E-state index in [4.69, 9.17) is 10.5 Å². The van der Waals surface area contributed by atoms with Gasteiger partial charge in [0.05, 0.1) is 6.10 Å². The smallest absolute Gasteiger partial charge is 0.134 e. The molecular formula is C11H20N4O. The second kappa shape index (κ2) is 5.65. The number of nitrogens with two attached hydrogens (primary N) is 1. The Kier molecular flexibility index (Phi) is 4.49. The third-order valence-corrected chi connectivity index (χ3v) is 2.51. The Balaban J connectivity index is 2.82. The quantitative estimate of drug-likeness (QED) is 0.790. The van der Waals surface area contributed by atoms with Crippen LogP contribution >= 0.6 is 0 Å². The average molecular weight is 224 g/mol. The van der Waals surface area contributed by atoms with Gasteiger partial charge in [-0.3, -0.25) is 0 Å². The summed E-state index contributed by atoms with van der Waals surface area (Å²) in [6.45, 7) is 6.62. The van der Waals surface area contributed by atoms with Crippen molar-refractivity contribution < 1.29 is 4.74 Å². The first-order valence-electron chi connectivity index (χ1n) is 5.48. The van der Waals surface area contributed by atoms with Gasteiger partial charge >= 0.3 is 0 Å². The summed E-state index contributed by atoms with van der Waals surface area (Å²) in [6.07, 6.45) is 0.916. The van der Waals surface area contributed by atoms with Crippen LogP contribution < -0.4 is 11.1 Å². The molecule has 0 aliphatic carbocycles. The van der Waals surface area contributed by atoms with Crippen molar-refractivity contribution in [1.29, 1.82) is 0 Å². The first kappa shape index (κ1) is 12.7. The molecular weight excluding hydrogens is 204 g/mol. The standard InChI is InChI=1S/C11H20N4O/c1-5-9-14-10(12)8(3)11(15-9)13-6-7(2)16-4/h7H,5-6H2,1-4H3,(H3,12,13,14,15). The van der Waals surface area contributed by atoms with Crippen LogP contribution in [0.25, 0.3) is 0 Å². The molecule has 1 unspecified atom stereocenters. The van der Waals surface area contributed by atoms with Gasteiger partial charge in [-0.2, -0.15) is 0 Å². The molecule has 3 N–H and O–H groups in total. The van der Waals surface area contributed by atoms with Gasteiger partial charge in [0.25, 0.3) is 0 Å². The molecule has 1 heterocycles. The Labute approximate surface area is 96.4 Å². The van der Waals surface area contributed by atoms with E-state index in [1.54, 1.807) is 7.11 Å². The Bertz CT molecular complexity index is 354. The van der Waals surface area contributed by atoms with Crippen LogP contribution in [0, 0.1) is 6.92 Å². The van der Waals surface area contributed by atoms with Crippen LogP contribution in [0.15, 0.2) is 0 Å². The molecule has 0 aromatic carbocycles. The molecule has 0 fully saturated rings. The highest BCUT2D eigenvalue weighted by Crippen LogP contribution is 2.17. The fraction of sp³-hybridized carbons (Fsp3) is 0.636. The van der Waals surface area contributed by atoms with E-state index < -0.39 is 0 Å². The molecule has 0 saturated carbocycles. The zero-order valence-electron chi connectivity index (χ0n) is 10.4. The van der Waals surface area contributed by atoms with Gasteiger partial charge in [-0.25, -0.2) is 9.97 Å². The number of anilines is 2. The predicted octanol–water partition coefficient (Wildman–Crippen LogP) is 1.38. The topological polar surface area (TPSA) is 73.1 Å². The van der Waals surface area contributed by atoms with E-state index in [1.807, 2.05) is 20.8 Å². The van der Waals surface area contributed by atoms with Crippen molar-refractivity contribution in [3.8, 4) is 0 Å². The van der Waals surface area contributed by atoms with E-state index in [0.29, 0.717) is 12.4 Å². The molecule has 1 rings (SSSR count). The summed E-state index contributed by atoms with van der Waals surface area (Å²) >= 11 is 0. The molecule has 1 atom stereocenters. The summed E-state index contributed by atoms with van der Waals surface area (Å²) < 4.78 is 5.16. The molecule has 0 bridgehead atoms. The summed E-state index contributed by atoms with van der Waals surface area (Å²) in [5.41, 5.74) is 6.70. The lowest BCUT2D eigenvalue weighted by Gasteiger charge is -2.14. The van der Waals surface area contributed by atoms with Crippen LogP contribution in [-0.4, -0.2) is 29.7 Å². The molecule has 1 aromatic rings. The Morgan fingerprint density at radius 1 is 1.44 bits per heavy atom. The third-order valence-electron chi connectivity index (χ3n) is 2.51. The number of hydrogen-bond donors (Lipinski definition) is 2. The number of nitrogen functional groups attached to an aromatic ring is 1. The van der Waals surface area contributed by atoms with E-state index in [1.165, 1.54) is 0 Å². The molecule has 0 aliphatic heterocycles. The fourth-order valence-electron chi connectivity index (χ4n) is 1.24. The van der Waals surface area contributed by atoms with Gasteiger partial charge in [-0.15, -0.1) is 0 Å². The SMILES string of the molecule is CCc1nc(N)c(C)c(NCC(C)OC)n1. The van der Waals surface area contributed by atoms with Crippen molar-refractivity contribution in [3.63, 3.8) is 0 Å². The molecule has 1 aromatic heterocycles.